The Morgan fingerprint density at radius 1 is 1.00 bits per heavy atom. The highest BCUT2D eigenvalue weighted by atomic mass is 19.1. The summed E-state index contributed by atoms with van der Waals surface area (Å²) < 4.78 is 20.0. The Morgan fingerprint density at radius 2 is 1.61 bits per heavy atom. The second-order valence-electron chi connectivity index (χ2n) is 5.78. The Balaban J connectivity index is 2.06. The number of hydrogen-bond donors (Lipinski definition) is 0. The van der Waals surface area contributed by atoms with Crippen LogP contribution in [0.2, 0.25) is 0 Å². The summed E-state index contributed by atoms with van der Waals surface area (Å²) in [6.45, 7) is 4.28. The summed E-state index contributed by atoms with van der Waals surface area (Å²) in [5.41, 5.74) is 0.422. The van der Waals surface area contributed by atoms with Crippen molar-refractivity contribution in [3.8, 4) is 5.75 Å². The molecule has 1 aliphatic rings. The first-order valence-electron chi connectivity index (χ1n) is 7.40. The van der Waals surface area contributed by atoms with Crippen molar-refractivity contribution in [2.45, 2.75) is 13.8 Å². The number of carbonyl (C=O) groups excluding carboxylic acids is 2. The number of hydrogen-bond acceptors (Lipinski definition) is 3. The largest absolute Gasteiger partial charge is 0.491 e. The molecular formula is C18H16FNO3. The van der Waals surface area contributed by atoms with Crippen LogP contribution in [0.3, 0.4) is 0 Å². The standard InChI is InChI=1S/C18H16FNO3/c1-11(2)10-23-15-9-5-8-14(19)16(15)20-17(21)12-6-3-4-7-13(12)18(20)22/h3-9,11H,10H2,1-2H3. The lowest BCUT2D eigenvalue weighted by Gasteiger charge is -2.19. The Kier molecular flexibility index (Phi) is 3.86. The highest BCUT2D eigenvalue weighted by molar-refractivity contribution is 6.34. The van der Waals surface area contributed by atoms with E-state index in [0.29, 0.717) is 6.61 Å². The molecule has 2 aromatic carbocycles. The van der Waals surface area contributed by atoms with Gasteiger partial charge in [0.25, 0.3) is 11.8 Å². The van der Waals surface area contributed by atoms with Crippen LogP contribution < -0.4 is 9.64 Å². The molecule has 118 valence electrons. The predicted molar refractivity (Wildman–Crippen MR) is 84.3 cm³/mol. The summed E-state index contributed by atoms with van der Waals surface area (Å²) in [6, 6.07) is 10.7. The highest BCUT2D eigenvalue weighted by Gasteiger charge is 2.39. The third-order valence-electron chi connectivity index (χ3n) is 3.54. The predicted octanol–water partition coefficient (Wildman–Crippen LogP) is 3.66. The molecule has 0 aromatic heterocycles. The molecule has 1 heterocycles. The molecule has 0 N–H and O–H groups in total. The van der Waals surface area contributed by atoms with Crippen LogP contribution in [-0.2, 0) is 0 Å². The summed E-state index contributed by atoms with van der Waals surface area (Å²) in [5, 5.41) is 0. The van der Waals surface area contributed by atoms with Crippen LogP contribution in [0.15, 0.2) is 42.5 Å². The topological polar surface area (TPSA) is 46.6 Å². The van der Waals surface area contributed by atoms with Gasteiger partial charge in [-0.2, -0.15) is 0 Å². The van der Waals surface area contributed by atoms with Gasteiger partial charge in [-0.15, -0.1) is 0 Å². The molecule has 0 saturated heterocycles. The van der Waals surface area contributed by atoms with Gasteiger partial charge in [0.05, 0.1) is 17.7 Å². The van der Waals surface area contributed by atoms with E-state index in [-0.39, 0.29) is 28.5 Å². The van der Waals surface area contributed by atoms with E-state index in [0.717, 1.165) is 4.90 Å². The minimum atomic E-state index is -0.666. The molecule has 23 heavy (non-hydrogen) atoms. The molecule has 0 unspecified atom stereocenters. The van der Waals surface area contributed by atoms with Crippen molar-refractivity contribution in [1.82, 2.24) is 0 Å². The van der Waals surface area contributed by atoms with Gasteiger partial charge in [0.1, 0.15) is 11.4 Å². The van der Waals surface area contributed by atoms with Gasteiger partial charge in [0.15, 0.2) is 5.82 Å². The molecule has 0 spiro atoms. The lowest BCUT2D eigenvalue weighted by molar-refractivity contribution is 0.0923. The molecule has 0 radical (unpaired) electrons. The average molecular weight is 313 g/mol. The fourth-order valence-electron chi connectivity index (χ4n) is 2.48. The Morgan fingerprint density at radius 3 is 2.17 bits per heavy atom. The van der Waals surface area contributed by atoms with E-state index in [4.69, 9.17) is 4.74 Å². The van der Waals surface area contributed by atoms with Crippen LogP contribution in [0.4, 0.5) is 10.1 Å². The molecule has 0 saturated carbocycles. The lowest BCUT2D eigenvalue weighted by atomic mass is 10.1. The second kappa shape index (κ2) is 5.83. The molecule has 4 nitrogen and oxygen atoms in total. The Hall–Kier alpha value is -2.69. The van der Waals surface area contributed by atoms with Gasteiger partial charge in [-0.1, -0.05) is 32.0 Å². The van der Waals surface area contributed by atoms with Gasteiger partial charge in [0.2, 0.25) is 0 Å². The lowest BCUT2D eigenvalue weighted by Crippen LogP contribution is -2.31. The SMILES string of the molecule is CC(C)COc1cccc(F)c1N1C(=O)c2ccccc2C1=O. The Bertz CT molecular complexity index is 751. The molecule has 1 aliphatic heterocycles. The van der Waals surface area contributed by atoms with Crippen LogP contribution in [0.1, 0.15) is 34.6 Å². The fourth-order valence-corrected chi connectivity index (χ4v) is 2.48. The van der Waals surface area contributed by atoms with E-state index < -0.39 is 17.6 Å². The summed E-state index contributed by atoms with van der Waals surface area (Å²) in [4.78, 5) is 25.9. The van der Waals surface area contributed by atoms with Crippen molar-refractivity contribution >= 4 is 17.5 Å². The van der Waals surface area contributed by atoms with Gasteiger partial charge in [0, 0.05) is 0 Å². The molecule has 0 fully saturated rings. The van der Waals surface area contributed by atoms with Gasteiger partial charge in [-0.05, 0) is 30.2 Å². The molecule has 2 aromatic rings. The number of anilines is 1. The Labute approximate surface area is 133 Å². The number of halogens is 1. The zero-order valence-electron chi connectivity index (χ0n) is 12.9. The normalized spacial score (nSPS) is 13.7. The number of imide groups is 1. The molecule has 2 amide bonds. The van der Waals surface area contributed by atoms with Gasteiger partial charge >= 0.3 is 0 Å². The van der Waals surface area contributed by atoms with Crippen LogP contribution in [0, 0.1) is 11.7 Å². The van der Waals surface area contributed by atoms with Gasteiger partial charge in [-0.3, -0.25) is 9.59 Å². The number of ether oxygens (including phenoxy) is 1. The molecule has 0 aliphatic carbocycles. The molecular weight excluding hydrogens is 297 g/mol. The third kappa shape index (κ3) is 2.59. The summed E-state index contributed by atoms with van der Waals surface area (Å²) in [7, 11) is 0. The van der Waals surface area contributed by atoms with E-state index >= 15 is 0 Å². The maximum absolute atomic E-state index is 14.4. The van der Waals surface area contributed by atoms with Crippen LogP contribution in [0.25, 0.3) is 0 Å². The molecule has 5 heteroatoms. The monoisotopic (exact) mass is 313 g/mol. The number of benzene rings is 2. The molecule has 0 atom stereocenters. The van der Waals surface area contributed by atoms with Crippen LogP contribution >= 0.6 is 0 Å². The van der Waals surface area contributed by atoms with E-state index in [9.17, 15) is 14.0 Å². The number of carbonyl (C=O) groups is 2. The molecule has 3 rings (SSSR count). The smallest absolute Gasteiger partial charge is 0.266 e. The quantitative estimate of drug-likeness (QED) is 0.809. The number of para-hydroxylation sites is 1. The number of amides is 2. The van der Waals surface area contributed by atoms with E-state index in [2.05, 4.69) is 0 Å². The summed E-state index contributed by atoms with van der Waals surface area (Å²) in [5.74, 6) is -1.32. The van der Waals surface area contributed by atoms with Crippen LogP contribution in [-0.4, -0.2) is 18.4 Å². The highest BCUT2D eigenvalue weighted by Crippen LogP contribution is 2.37. The van der Waals surface area contributed by atoms with Crippen molar-refractivity contribution in [2.75, 3.05) is 11.5 Å². The minimum Gasteiger partial charge on any atom is -0.491 e. The average Bonchev–Trinajstić information content (AvgIpc) is 2.78. The van der Waals surface area contributed by atoms with Crippen LogP contribution in [0.5, 0.6) is 5.75 Å². The fraction of sp³-hybridized carbons (Fsp3) is 0.222. The zero-order valence-corrected chi connectivity index (χ0v) is 12.9. The number of nitrogens with zero attached hydrogens (tertiary/aromatic N) is 1. The van der Waals surface area contributed by atoms with Gasteiger partial charge in [-0.25, -0.2) is 9.29 Å². The second-order valence-corrected chi connectivity index (χ2v) is 5.78. The van der Waals surface area contributed by atoms with Crippen molar-refractivity contribution in [3.63, 3.8) is 0 Å². The van der Waals surface area contributed by atoms with Crippen molar-refractivity contribution in [3.05, 3.63) is 59.4 Å². The number of rotatable bonds is 4. The van der Waals surface area contributed by atoms with E-state index in [1.807, 2.05) is 13.8 Å². The number of fused-ring (bicyclic) bond motifs is 1. The van der Waals surface area contributed by atoms with Crippen molar-refractivity contribution in [2.24, 2.45) is 5.92 Å². The van der Waals surface area contributed by atoms with Crippen molar-refractivity contribution < 1.29 is 18.7 Å². The first-order chi connectivity index (χ1) is 11.0. The minimum absolute atomic E-state index is 0.126. The van der Waals surface area contributed by atoms with E-state index in [1.165, 1.54) is 12.1 Å². The maximum atomic E-state index is 14.4. The van der Waals surface area contributed by atoms with Crippen molar-refractivity contribution in [1.29, 1.82) is 0 Å². The molecule has 0 bridgehead atoms. The van der Waals surface area contributed by atoms with E-state index in [1.54, 1.807) is 30.3 Å². The van der Waals surface area contributed by atoms with Gasteiger partial charge < -0.3 is 4.74 Å². The first-order valence-corrected chi connectivity index (χ1v) is 7.40. The first kappa shape index (κ1) is 15.2. The third-order valence-corrected chi connectivity index (χ3v) is 3.54. The zero-order chi connectivity index (χ0) is 16.6. The maximum Gasteiger partial charge on any atom is 0.266 e. The summed E-state index contributed by atoms with van der Waals surface area (Å²) >= 11 is 0. The summed E-state index contributed by atoms with van der Waals surface area (Å²) in [6.07, 6.45) is 0.